The highest BCUT2D eigenvalue weighted by Crippen LogP contribution is 2.27. The molecule has 0 aliphatic rings. The number of aromatic nitrogens is 1. The lowest BCUT2D eigenvalue weighted by Crippen LogP contribution is -2.13. The zero-order valence-electron chi connectivity index (χ0n) is 15.0. The van der Waals surface area contributed by atoms with Crippen molar-refractivity contribution in [1.82, 2.24) is 4.98 Å². The summed E-state index contributed by atoms with van der Waals surface area (Å²) in [5.74, 6) is 1.07. The molecule has 3 aromatic rings. The molecule has 0 fully saturated rings. The lowest BCUT2D eigenvalue weighted by molar-refractivity contribution is -0.142. The average Bonchev–Trinajstić information content (AvgIpc) is 3.14. The molecule has 0 aliphatic heterocycles. The van der Waals surface area contributed by atoms with Crippen LogP contribution in [0.3, 0.4) is 0 Å². The third-order valence-corrected chi connectivity index (χ3v) is 4.60. The van der Waals surface area contributed by atoms with Gasteiger partial charge in [-0.1, -0.05) is 12.1 Å². The first-order valence-electron chi connectivity index (χ1n) is 8.22. The maximum absolute atomic E-state index is 11.2. The monoisotopic (exact) mass is 385 g/mol. The highest BCUT2D eigenvalue weighted by molar-refractivity contribution is 7.09. The van der Waals surface area contributed by atoms with E-state index in [1.807, 2.05) is 24.4 Å². The summed E-state index contributed by atoms with van der Waals surface area (Å²) in [6.45, 7) is 2.09. The molecule has 0 atom stereocenters. The third-order valence-electron chi connectivity index (χ3n) is 3.78. The van der Waals surface area contributed by atoms with Gasteiger partial charge >= 0.3 is 5.97 Å². The second-order valence-electron chi connectivity index (χ2n) is 5.76. The van der Waals surface area contributed by atoms with Gasteiger partial charge in [-0.15, -0.1) is 11.3 Å². The third kappa shape index (κ3) is 4.98. The molecule has 1 heterocycles. The Hall–Kier alpha value is -3.06. The van der Waals surface area contributed by atoms with Crippen molar-refractivity contribution in [3.8, 4) is 28.5 Å². The first-order valence-corrected chi connectivity index (χ1v) is 9.10. The average molecular weight is 385 g/mol. The summed E-state index contributed by atoms with van der Waals surface area (Å²) in [6.07, 6.45) is 0. The van der Waals surface area contributed by atoms with Crippen LogP contribution in [0.1, 0.15) is 10.6 Å². The van der Waals surface area contributed by atoms with Gasteiger partial charge in [0.25, 0.3) is 0 Å². The van der Waals surface area contributed by atoms with E-state index in [0.29, 0.717) is 18.1 Å². The molecule has 0 aliphatic carbocycles. The predicted molar refractivity (Wildman–Crippen MR) is 102 cm³/mol. The van der Waals surface area contributed by atoms with E-state index in [0.717, 1.165) is 21.8 Å². The predicted octanol–water partition coefficient (Wildman–Crippen LogP) is 3.95. The molecule has 27 heavy (non-hydrogen) atoms. The molecular formula is C20H19NO5S. The van der Waals surface area contributed by atoms with Crippen molar-refractivity contribution in [3.05, 3.63) is 58.4 Å². The molecule has 0 amide bonds. The minimum Gasteiger partial charge on any atom is -0.508 e. The SMILES string of the molecule is COC(=O)COc1ccc(OCc2nc(-c3cccc(O)c3)cs2)cc1C. The van der Waals surface area contributed by atoms with Gasteiger partial charge in [0.05, 0.1) is 12.8 Å². The first-order chi connectivity index (χ1) is 13.0. The normalized spacial score (nSPS) is 10.4. The number of esters is 1. The van der Waals surface area contributed by atoms with E-state index in [1.165, 1.54) is 18.4 Å². The van der Waals surface area contributed by atoms with Crippen molar-refractivity contribution in [3.63, 3.8) is 0 Å². The number of hydrogen-bond donors (Lipinski definition) is 1. The molecule has 1 N–H and O–H groups in total. The maximum Gasteiger partial charge on any atom is 0.343 e. The first kappa shape index (κ1) is 18.7. The number of ether oxygens (including phenoxy) is 3. The van der Waals surface area contributed by atoms with Crippen LogP contribution in [0.4, 0.5) is 0 Å². The Morgan fingerprint density at radius 1 is 1.19 bits per heavy atom. The van der Waals surface area contributed by atoms with Crippen molar-refractivity contribution in [1.29, 1.82) is 0 Å². The van der Waals surface area contributed by atoms with E-state index in [-0.39, 0.29) is 12.4 Å². The van der Waals surface area contributed by atoms with Crippen LogP contribution in [0.15, 0.2) is 47.8 Å². The van der Waals surface area contributed by atoms with Gasteiger partial charge in [-0.25, -0.2) is 9.78 Å². The summed E-state index contributed by atoms with van der Waals surface area (Å²) in [5, 5.41) is 12.3. The quantitative estimate of drug-likeness (QED) is 0.621. The standard InChI is InChI=1S/C20H19NO5S/c1-13-8-16(6-7-18(13)26-11-20(23)24-2)25-10-19-21-17(12-27-19)14-4-3-5-15(22)9-14/h3-9,12,22H,10-11H2,1-2H3. The van der Waals surface area contributed by atoms with E-state index in [4.69, 9.17) is 9.47 Å². The minimum atomic E-state index is -0.430. The Bertz CT molecular complexity index is 938. The molecule has 0 saturated carbocycles. The fourth-order valence-corrected chi connectivity index (χ4v) is 3.10. The van der Waals surface area contributed by atoms with Gasteiger partial charge in [0.15, 0.2) is 6.61 Å². The highest BCUT2D eigenvalue weighted by Gasteiger charge is 2.08. The number of aryl methyl sites for hydroxylation is 1. The van der Waals surface area contributed by atoms with Gasteiger partial charge in [0.1, 0.15) is 28.9 Å². The van der Waals surface area contributed by atoms with Crippen LogP contribution in [0.2, 0.25) is 0 Å². The van der Waals surface area contributed by atoms with Crippen molar-refractivity contribution in [2.45, 2.75) is 13.5 Å². The second-order valence-corrected chi connectivity index (χ2v) is 6.70. The maximum atomic E-state index is 11.2. The summed E-state index contributed by atoms with van der Waals surface area (Å²) in [4.78, 5) is 15.7. The molecule has 6 nitrogen and oxygen atoms in total. The number of thiazole rings is 1. The van der Waals surface area contributed by atoms with Gasteiger partial charge in [0, 0.05) is 10.9 Å². The largest absolute Gasteiger partial charge is 0.508 e. The van der Waals surface area contributed by atoms with Gasteiger partial charge in [-0.3, -0.25) is 0 Å². The van der Waals surface area contributed by atoms with Gasteiger partial charge < -0.3 is 19.3 Å². The summed E-state index contributed by atoms with van der Waals surface area (Å²) >= 11 is 1.50. The molecule has 0 saturated heterocycles. The lowest BCUT2D eigenvalue weighted by Gasteiger charge is -2.10. The van der Waals surface area contributed by atoms with Crippen molar-refractivity contribution >= 4 is 17.3 Å². The fourth-order valence-electron chi connectivity index (χ4n) is 2.39. The van der Waals surface area contributed by atoms with Crippen LogP contribution in [0.25, 0.3) is 11.3 Å². The van der Waals surface area contributed by atoms with Crippen LogP contribution in [0, 0.1) is 6.92 Å². The molecule has 0 radical (unpaired) electrons. The molecule has 0 bridgehead atoms. The second kappa shape index (κ2) is 8.55. The number of rotatable bonds is 7. The van der Waals surface area contributed by atoms with Gasteiger partial charge in [-0.2, -0.15) is 0 Å². The Kier molecular flexibility index (Phi) is 5.93. The number of hydrogen-bond acceptors (Lipinski definition) is 7. The van der Waals surface area contributed by atoms with Crippen LogP contribution in [-0.4, -0.2) is 29.8 Å². The van der Waals surface area contributed by atoms with Crippen LogP contribution in [-0.2, 0) is 16.1 Å². The molecule has 140 valence electrons. The fraction of sp³-hybridized carbons (Fsp3) is 0.200. The molecule has 0 spiro atoms. The highest BCUT2D eigenvalue weighted by atomic mass is 32.1. The molecule has 2 aromatic carbocycles. The van der Waals surface area contributed by atoms with Crippen molar-refractivity contribution in [2.75, 3.05) is 13.7 Å². The van der Waals surface area contributed by atoms with E-state index < -0.39 is 5.97 Å². The number of aromatic hydroxyl groups is 1. The number of benzene rings is 2. The van der Waals surface area contributed by atoms with Crippen LogP contribution >= 0.6 is 11.3 Å². The van der Waals surface area contributed by atoms with Gasteiger partial charge in [0.2, 0.25) is 0 Å². The number of phenols is 1. The Morgan fingerprint density at radius 3 is 2.78 bits per heavy atom. The van der Waals surface area contributed by atoms with E-state index in [9.17, 15) is 9.90 Å². The summed E-state index contributed by atoms with van der Waals surface area (Å²) in [6, 6.07) is 12.4. The Labute approximate surface area is 161 Å². The number of nitrogens with zero attached hydrogens (tertiary/aromatic N) is 1. The summed E-state index contributed by atoms with van der Waals surface area (Å²) in [5.41, 5.74) is 2.52. The Balaban J connectivity index is 1.60. The molecule has 3 rings (SSSR count). The Morgan fingerprint density at radius 2 is 2.04 bits per heavy atom. The van der Waals surface area contributed by atoms with Gasteiger partial charge in [-0.05, 0) is 42.8 Å². The zero-order chi connectivity index (χ0) is 19.2. The molecular weight excluding hydrogens is 366 g/mol. The van der Waals surface area contributed by atoms with Crippen LogP contribution < -0.4 is 9.47 Å². The van der Waals surface area contributed by atoms with E-state index in [1.54, 1.807) is 30.3 Å². The smallest absolute Gasteiger partial charge is 0.343 e. The number of carbonyl (C=O) groups excluding carboxylic acids is 1. The topological polar surface area (TPSA) is 77.9 Å². The van der Waals surface area contributed by atoms with E-state index >= 15 is 0 Å². The number of methoxy groups -OCH3 is 1. The van der Waals surface area contributed by atoms with E-state index in [2.05, 4.69) is 9.72 Å². The molecule has 7 heteroatoms. The van der Waals surface area contributed by atoms with Crippen LogP contribution in [0.5, 0.6) is 17.2 Å². The zero-order valence-corrected chi connectivity index (χ0v) is 15.8. The number of phenolic OH excluding ortho intramolecular Hbond substituents is 1. The summed E-state index contributed by atoms with van der Waals surface area (Å²) in [7, 11) is 1.32. The molecule has 1 aromatic heterocycles. The van der Waals surface area contributed by atoms with Crippen molar-refractivity contribution < 1.29 is 24.1 Å². The lowest BCUT2D eigenvalue weighted by atomic mass is 10.2. The molecule has 0 unspecified atom stereocenters. The minimum absolute atomic E-state index is 0.130. The number of carbonyl (C=O) groups is 1. The van der Waals surface area contributed by atoms with Crippen molar-refractivity contribution in [2.24, 2.45) is 0 Å². The summed E-state index contributed by atoms with van der Waals surface area (Å²) < 4.78 is 15.8.